The van der Waals surface area contributed by atoms with Gasteiger partial charge in [0.1, 0.15) is 5.75 Å². The van der Waals surface area contributed by atoms with Gasteiger partial charge in [-0.25, -0.2) is 13.2 Å². The first-order chi connectivity index (χ1) is 12.6. The van der Waals surface area contributed by atoms with Crippen LogP contribution >= 0.6 is 0 Å². The van der Waals surface area contributed by atoms with Crippen molar-refractivity contribution in [3.8, 4) is 5.75 Å². The number of amides is 1. The number of carboxylic acid groups (broad SMARTS) is 1. The number of anilines is 1. The summed E-state index contributed by atoms with van der Waals surface area (Å²) in [5.74, 6) is -1.26. The van der Waals surface area contributed by atoms with Gasteiger partial charge in [0.05, 0.1) is 10.5 Å². The molecular weight excluding hydrogens is 370 g/mol. The molecule has 2 N–H and O–H groups in total. The van der Waals surface area contributed by atoms with Crippen molar-refractivity contribution in [3.05, 3.63) is 53.6 Å². The Balaban J connectivity index is 2.27. The highest BCUT2D eigenvalue weighted by molar-refractivity contribution is 7.90. The van der Waals surface area contributed by atoms with Crippen LogP contribution in [-0.4, -0.2) is 37.8 Å². The molecule has 2 aromatic carbocycles. The Bertz CT molecular complexity index is 968. The van der Waals surface area contributed by atoms with E-state index in [0.717, 1.165) is 17.9 Å². The van der Waals surface area contributed by atoms with Crippen molar-refractivity contribution >= 4 is 27.4 Å². The van der Waals surface area contributed by atoms with E-state index in [1.165, 1.54) is 12.1 Å². The van der Waals surface area contributed by atoms with E-state index in [0.29, 0.717) is 12.2 Å². The molecule has 2 aromatic rings. The third-order valence-corrected chi connectivity index (χ3v) is 4.87. The minimum Gasteiger partial charge on any atom is -0.481 e. The van der Waals surface area contributed by atoms with Crippen molar-refractivity contribution in [1.29, 1.82) is 0 Å². The van der Waals surface area contributed by atoms with Crippen LogP contribution < -0.4 is 10.1 Å². The smallest absolute Gasteiger partial charge is 0.335 e. The zero-order valence-corrected chi connectivity index (χ0v) is 16.0. The van der Waals surface area contributed by atoms with E-state index in [1.807, 2.05) is 19.1 Å². The van der Waals surface area contributed by atoms with Crippen molar-refractivity contribution in [3.63, 3.8) is 0 Å². The molecule has 0 heterocycles. The maximum absolute atomic E-state index is 12.5. The fourth-order valence-electron chi connectivity index (χ4n) is 2.41. The number of rotatable bonds is 7. The number of aryl methyl sites for hydroxylation is 1. The van der Waals surface area contributed by atoms with E-state index in [2.05, 4.69) is 5.32 Å². The molecule has 0 aliphatic carbocycles. The van der Waals surface area contributed by atoms with Gasteiger partial charge in [0.25, 0.3) is 5.91 Å². The second-order valence-electron chi connectivity index (χ2n) is 6.14. The molecule has 1 amide bonds. The summed E-state index contributed by atoms with van der Waals surface area (Å²) in [5, 5.41) is 11.7. The molecule has 0 bridgehead atoms. The van der Waals surface area contributed by atoms with Crippen LogP contribution in [0.1, 0.15) is 29.3 Å². The summed E-state index contributed by atoms with van der Waals surface area (Å²) in [4.78, 5) is 23.6. The zero-order valence-electron chi connectivity index (χ0n) is 15.2. The van der Waals surface area contributed by atoms with E-state index in [4.69, 9.17) is 4.74 Å². The molecule has 1 unspecified atom stereocenters. The number of aromatic carboxylic acids is 1. The molecule has 2 rings (SSSR count). The average molecular weight is 391 g/mol. The summed E-state index contributed by atoms with van der Waals surface area (Å²) in [5.41, 5.74) is 0.821. The lowest BCUT2D eigenvalue weighted by molar-refractivity contribution is -0.122. The number of nitrogens with one attached hydrogen (secondary N) is 1. The lowest BCUT2D eigenvalue weighted by Crippen LogP contribution is -2.32. The molecule has 1 atom stereocenters. The van der Waals surface area contributed by atoms with Crippen molar-refractivity contribution in [2.24, 2.45) is 0 Å². The number of hydrogen-bond donors (Lipinski definition) is 2. The molecule has 0 aliphatic heterocycles. The van der Waals surface area contributed by atoms with Crippen LogP contribution in [0.15, 0.2) is 47.4 Å². The molecule has 0 saturated heterocycles. The second kappa shape index (κ2) is 8.22. The van der Waals surface area contributed by atoms with Crippen molar-refractivity contribution in [2.75, 3.05) is 11.6 Å². The van der Waals surface area contributed by atoms with Gasteiger partial charge in [-0.1, -0.05) is 19.1 Å². The monoisotopic (exact) mass is 391 g/mol. The van der Waals surface area contributed by atoms with Crippen molar-refractivity contribution in [1.82, 2.24) is 0 Å². The molecule has 0 saturated carbocycles. The van der Waals surface area contributed by atoms with Gasteiger partial charge in [-0.15, -0.1) is 0 Å². The van der Waals surface area contributed by atoms with Gasteiger partial charge in [-0.3, -0.25) is 4.79 Å². The molecule has 8 heteroatoms. The normalized spacial score (nSPS) is 12.3. The highest BCUT2D eigenvalue weighted by Crippen LogP contribution is 2.21. The lowest BCUT2D eigenvalue weighted by Gasteiger charge is -2.18. The Morgan fingerprint density at radius 1 is 1.19 bits per heavy atom. The van der Waals surface area contributed by atoms with E-state index in [9.17, 15) is 23.1 Å². The number of ether oxygens (including phenoxy) is 1. The molecule has 0 radical (unpaired) electrons. The predicted molar refractivity (Wildman–Crippen MR) is 101 cm³/mol. The molecule has 0 spiro atoms. The molecule has 27 heavy (non-hydrogen) atoms. The zero-order chi connectivity index (χ0) is 20.2. The van der Waals surface area contributed by atoms with E-state index in [1.54, 1.807) is 19.1 Å². The molecule has 0 fully saturated rings. The second-order valence-corrected chi connectivity index (χ2v) is 8.16. The Labute approximate surface area is 157 Å². The van der Waals surface area contributed by atoms with Crippen LogP contribution in [0.25, 0.3) is 0 Å². The minimum absolute atomic E-state index is 0.0756. The first-order valence-electron chi connectivity index (χ1n) is 8.22. The SMILES string of the molecule is CCC(Oc1cccc(C)c1)C(=O)Nc1cc(C(=O)O)cc(S(C)(=O)=O)c1. The first kappa shape index (κ1) is 20.4. The van der Waals surface area contributed by atoms with Crippen LogP contribution in [0.3, 0.4) is 0 Å². The number of hydrogen-bond acceptors (Lipinski definition) is 5. The Morgan fingerprint density at radius 3 is 2.44 bits per heavy atom. The van der Waals surface area contributed by atoms with Gasteiger partial charge in [-0.2, -0.15) is 0 Å². The number of benzene rings is 2. The van der Waals surface area contributed by atoms with Crippen LogP contribution in [0, 0.1) is 6.92 Å². The fraction of sp³-hybridized carbons (Fsp3) is 0.263. The highest BCUT2D eigenvalue weighted by atomic mass is 32.2. The predicted octanol–water partition coefficient (Wildman–Crippen LogP) is 2.89. The number of carboxylic acids is 1. The molecule has 7 nitrogen and oxygen atoms in total. The maximum Gasteiger partial charge on any atom is 0.335 e. The summed E-state index contributed by atoms with van der Waals surface area (Å²) in [6, 6.07) is 10.7. The number of carbonyl (C=O) groups is 2. The molecule has 0 aliphatic rings. The number of carbonyl (C=O) groups excluding carboxylic acids is 1. The van der Waals surface area contributed by atoms with Gasteiger partial charge in [0.2, 0.25) is 0 Å². The third-order valence-electron chi connectivity index (χ3n) is 3.78. The molecule has 144 valence electrons. The van der Waals surface area contributed by atoms with Gasteiger partial charge in [0, 0.05) is 11.9 Å². The average Bonchev–Trinajstić information content (AvgIpc) is 2.58. The summed E-state index contributed by atoms with van der Waals surface area (Å²) < 4.78 is 29.3. The lowest BCUT2D eigenvalue weighted by atomic mass is 10.2. The summed E-state index contributed by atoms with van der Waals surface area (Å²) in [6.45, 7) is 3.67. The Hall–Kier alpha value is -2.87. The van der Waals surface area contributed by atoms with Gasteiger partial charge in [0.15, 0.2) is 15.9 Å². The van der Waals surface area contributed by atoms with E-state index < -0.39 is 27.8 Å². The Morgan fingerprint density at radius 2 is 1.89 bits per heavy atom. The third kappa shape index (κ3) is 5.55. The summed E-state index contributed by atoms with van der Waals surface area (Å²) >= 11 is 0. The Kier molecular flexibility index (Phi) is 6.22. The van der Waals surface area contributed by atoms with Crippen LogP contribution in [0.2, 0.25) is 0 Å². The molecular formula is C19H21NO6S. The van der Waals surface area contributed by atoms with Gasteiger partial charge < -0.3 is 15.2 Å². The minimum atomic E-state index is -3.64. The summed E-state index contributed by atoms with van der Waals surface area (Å²) in [7, 11) is -3.64. The standard InChI is InChI=1S/C19H21NO6S/c1-4-17(26-15-7-5-6-12(2)8-15)18(21)20-14-9-13(19(22)23)10-16(11-14)27(3,24)25/h5-11,17H,4H2,1-3H3,(H,20,21)(H,22,23). The highest BCUT2D eigenvalue weighted by Gasteiger charge is 2.21. The van der Waals surface area contributed by atoms with Gasteiger partial charge >= 0.3 is 5.97 Å². The van der Waals surface area contributed by atoms with Crippen molar-refractivity contribution < 1.29 is 27.9 Å². The first-order valence-corrected chi connectivity index (χ1v) is 10.1. The van der Waals surface area contributed by atoms with E-state index in [-0.39, 0.29) is 16.1 Å². The fourth-order valence-corrected chi connectivity index (χ4v) is 3.09. The van der Waals surface area contributed by atoms with Crippen LogP contribution in [0.4, 0.5) is 5.69 Å². The maximum atomic E-state index is 12.5. The summed E-state index contributed by atoms with van der Waals surface area (Å²) in [6.07, 6.45) is 0.522. The topological polar surface area (TPSA) is 110 Å². The van der Waals surface area contributed by atoms with Crippen LogP contribution in [-0.2, 0) is 14.6 Å². The quantitative estimate of drug-likeness (QED) is 0.751. The van der Waals surface area contributed by atoms with E-state index >= 15 is 0 Å². The van der Waals surface area contributed by atoms with Gasteiger partial charge in [-0.05, 0) is 49.2 Å². The van der Waals surface area contributed by atoms with Crippen LogP contribution in [0.5, 0.6) is 5.75 Å². The number of sulfone groups is 1. The largest absolute Gasteiger partial charge is 0.481 e. The molecule has 0 aromatic heterocycles. The van der Waals surface area contributed by atoms with Crippen molar-refractivity contribution in [2.45, 2.75) is 31.3 Å².